The molecule has 0 saturated carbocycles. The number of anilines is 2. The Labute approximate surface area is 118 Å². The molecule has 0 aliphatic heterocycles. The van der Waals surface area contributed by atoms with E-state index in [1.807, 2.05) is 45.0 Å². The van der Waals surface area contributed by atoms with E-state index in [9.17, 15) is 9.90 Å². The van der Waals surface area contributed by atoms with Crippen LogP contribution in [0.4, 0.5) is 11.5 Å². The van der Waals surface area contributed by atoms with Gasteiger partial charge in [0.25, 0.3) is 0 Å². The van der Waals surface area contributed by atoms with Crippen LogP contribution in [0.15, 0.2) is 36.4 Å². The lowest BCUT2D eigenvalue weighted by Crippen LogP contribution is -2.04. The SMILES string of the molecule is Cc1cccc(Nc2cc(C(=O)O)cc(C(C)C)n2)c1. The molecular weight excluding hydrogens is 252 g/mol. The van der Waals surface area contributed by atoms with Crippen LogP contribution in [0.3, 0.4) is 0 Å². The molecule has 0 bridgehead atoms. The molecule has 0 aliphatic carbocycles. The zero-order chi connectivity index (χ0) is 14.7. The van der Waals surface area contributed by atoms with Crippen molar-refractivity contribution in [3.05, 3.63) is 53.2 Å². The van der Waals surface area contributed by atoms with Crippen molar-refractivity contribution >= 4 is 17.5 Å². The summed E-state index contributed by atoms with van der Waals surface area (Å²) in [6, 6.07) is 11.0. The van der Waals surface area contributed by atoms with Crippen molar-refractivity contribution in [3.8, 4) is 0 Å². The largest absolute Gasteiger partial charge is 0.478 e. The smallest absolute Gasteiger partial charge is 0.335 e. The van der Waals surface area contributed by atoms with Gasteiger partial charge in [-0.05, 0) is 42.7 Å². The number of aromatic nitrogens is 1. The number of hydrogen-bond donors (Lipinski definition) is 2. The average Bonchev–Trinajstić information content (AvgIpc) is 2.38. The molecule has 1 aromatic heterocycles. The third-order valence-corrected chi connectivity index (χ3v) is 2.97. The number of nitrogens with one attached hydrogen (secondary N) is 1. The Balaban J connectivity index is 2.38. The Morgan fingerprint density at radius 2 is 2.00 bits per heavy atom. The van der Waals surface area contributed by atoms with E-state index in [1.165, 1.54) is 0 Å². The van der Waals surface area contributed by atoms with E-state index in [2.05, 4.69) is 10.3 Å². The number of pyridine rings is 1. The number of carboxylic acids is 1. The number of nitrogens with zero attached hydrogens (tertiary/aromatic N) is 1. The minimum Gasteiger partial charge on any atom is -0.478 e. The van der Waals surface area contributed by atoms with Crippen molar-refractivity contribution in [3.63, 3.8) is 0 Å². The highest BCUT2D eigenvalue weighted by molar-refractivity contribution is 5.88. The van der Waals surface area contributed by atoms with Crippen molar-refractivity contribution < 1.29 is 9.90 Å². The third-order valence-electron chi connectivity index (χ3n) is 2.97. The lowest BCUT2D eigenvalue weighted by molar-refractivity contribution is 0.0696. The first-order valence-electron chi connectivity index (χ1n) is 6.54. The molecule has 0 saturated heterocycles. The molecule has 0 spiro atoms. The molecule has 0 unspecified atom stereocenters. The molecule has 2 aromatic rings. The van der Waals surface area contributed by atoms with Gasteiger partial charge in [0, 0.05) is 11.4 Å². The van der Waals surface area contributed by atoms with E-state index < -0.39 is 5.97 Å². The van der Waals surface area contributed by atoms with Crippen molar-refractivity contribution in [2.24, 2.45) is 0 Å². The quantitative estimate of drug-likeness (QED) is 0.882. The summed E-state index contributed by atoms with van der Waals surface area (Å²) < 4.78 is 0. The molecule has 0 fully saturated rings. The topological polar surface area (TPSA) is 62.2 Å². The fourth-order valence-electron chi connectivity index (χ4n) is 1.91. The second-order valence-electron chi connectivity index (χ2n) is 5.12. The third kappa shape index (κ3) is 3.35. The van der Waals surface area contributed by atoms with Gasteiger partial charge in [-0.1, -0.05) is 26.0 Å². The molecule has 1 heterocycles. The summed E-state index contributed by atoms with van der Waals surface area (Å²) in [6.07, 6.45) is 0. The van der Waals surface area contributed by atoms with Crippen LogP contribution >= 0.6 is 0 Å². The standard InChI is InChI=1S/C16H18N2O2/c1-10(2)14-8-12(16(19)20)9-15(18-14)17-13-6-4-5-11(3)7-13/h4-10H,1-3H3,(H,17,18)(H,19,20). The van der Waals surface area contributed by atoms with Crippen LogP contribution in [0.1, 0.15) is 41.4 Å². The Hall–Kier alpha value is -2.36. The van der Waals surface area contributed by atoms with Crippen LogP contribution in [-0.4, -0.2) is 16.1 Å². The fraction of sp³-hybridized carbons (Fsp3) is 0.250. The fourth-order valence-corrected chi connectivity index (χ4v) is 1.91. The highest BCUT2D eigenvalue weighted by Crippen LogP contribution is 2.21. The first-order valence-corrected chi connectivity index (χ1v) is 6.54. The van der Waals surface area contributed by atoms with E-state index in [4.69, 9.17) is 0 Å². The average molecular weight is 270 g/mol. The van der Waals surface area contributed by atoms with Crippen LogP contribution < -0.4 is 5.32 Å². The summed E-state index contributed by atoms with van der Waals surface area (Å²) in [7, 11) is 0. The maximum atomic E-state index is 11.2. The van der Waals surface area contributed by atoms with Crippen molar-refractivity contribution in [2.45, 2.75) is 26.7 Å². The van der Waals surface area contributed by atoms with E-state index >= 15 is 0 Å². The summed E-state index contributed by atoms with van der Waals surface area (Å²) in [6.45, 7) is 5.99. The van der Waals surface area contributed by atoms with Gasteiger partial charge < -0.3 is 10.4 Å². The second-order valence-corrected chi connectivity index (χ2v) is 5.12. The van der Waals surface area contributed by atoms with E-state index in [0.717, 1.165) is 16.9 Å². The van der Waals surface area contributed by atoms with Crippen LogP contribution in [0.25, 0.3) is 0 Å². The van der Waals surface area contributed by atoms with Gasteiger partial charge in [0.05, 0.1) is 5.56 Å². The maximum absolute atomic E-state index is 11.2. The van der Waals surface area contributed by atoms with Crippen molar-refractivity contribution in [2.75, 3.05) is 5.32 Å². The normalized spacial score (nSPS) is 10.6. The summed E-state index contributed by atoms with van der Waals surface area (Å²) in [5.41, 5.74) is 3.04. The number of aryl methyl sites for hydroxylation is 1. The van der Waals surface area contributed by atoms with Gasteiger partial charge in [0.15, 0.2) is 0 Å². The molecule has 0 radical (unpaired) electrons. The zero-order valence-electron chi connectivity index (χ0n) is 11.8. The Morgan fingerprint density at radius 1 is 1.25 bits per heavy atom. The lowest BCUT2D eigenvalue weighted by atomic mass is 10.1. The molecule has 104 valence electrons. The van der Waals surface area contributed by atoms with Crippen LogP contribution in [0.2, 0.25) is 0 Å². The minimum atomic E-state index is -0.943. The predicted molar refractivity (Wildman–Crippen MR) is 79.7 cm³/mol. The Kier molecular flexibility index (Phi) is 4.03. The van der Waals surface area contributed by atoms with Crippen molar-refractivity contribution in [1.29, 1.82) is 0 Å². The predicted octanol–water partition coefficient (Wildman–Crippen LogP) is 3.96. The molecule has 0 aliphatic rings. The molecule has 1 aromatic carbocycles. The lowest BCUT2D eigenvalue weighted by Gasteiger charge is -2.11. The molecule has 2 rings (SSSR count). The van der Waals surface area contributed by atoms with Gasteiger partial charge in [-0.3, -0.25) is 0 Å². The van der Waals surface area contributed by atoms with Gasteiger partial charge >= 0.3 is 5.97 Å². The highest BCUT2D eigenvalue weighted by Gasteiger charge is 2.11. The summed E-state index contributed by atoms with van der Waals surface area (Å²) in [4.78, 5) is 15.6. The molecule has 4 heteroatoms. The van der Waals surface area contributed by atoms with Gasteiger partial charge in [0.1, 0.15) is 5.82 Å². The summed E-state index contributed by atoms with van der Waals surface area (Å²) in [5.74, 6) is -0.215. The number of carbonyl (C=O) groups is 1. The van der Waals surface area contributed by atoms with E-state index in [0.29, 0.717) is 5.82 Å². The van der Waals surface area contributed by atoms with Crippen molar-refractivity contribution in [1.82, 2.24) is 4.98 Å². The molecular formula is C16H18N2O2. The van der Waals surface area contributed by atoms with Crippen LogP contribution in [-0.2, 0) is 0 Å². The van der Waals surface area contributed by atoms with Gasteiger partial charge in [-0.25, -0.2) is 9.78 Å². The zero-order valence-corrected chi connectivity index (χ0v) is 11.8. The number of hydrogen-bond acceptors (Lipinski definition) is 3. The summed E-state index contributed by atoms with van der Waals surface area (Å²) in [5, 5.41) is 12.3. The minimum absolute atomic E-state index is 0.173. The molecule has 2 N–H and O–H groups in total. The number of carboxylic acid groups (broad SMARTS) is 1. The van der Waals surface area contributed by atoms with Gasteiger partial charge in [-0.15, -0.1) is 0 Å². The Bertz CT molecular complexity index is 636. The number of benzene rings is 1. The van der Waals surface area contributed by atoms with Gasteiger partial charge in [-0.2, -0.15) is 0 Å². The van der Waals surface area contributed by atoms with Crippen LogP contribution in [0.5, 0.6) is 0 Å². The number of rotatable bonds is 4. The molecule has 20 heavy (non-hydrogen) atoms. The highest BCUT2D eigenvalue weighted by atomic mass is 16.4. The summed E-state index contributed by atoms with van der Waals surface area (Å²) >= 11 is 0. The second kappa shape index (κ2) is 5.74. The Morgan fingerprint density at radius 3 is 2.60 bits per heavy atom. The molecule has 0 amide bonds. The first kappa shape index (κ1) is 14.1. The van der Waals surface area contributed by atoms with E-state index in [-0.39, 0.29) is 11.5 Å². The molecule has 0 atom stereocenters. The number of aromatic carboxylic acids is 1. The van der Waals surface area contributed by atoms with Crippen LogP contribution in [0, 0.1) is 6.92 Å². The van der Waals surface area contributed by atoms with E-state index in [1.54, 1.807) is 12.1 Å². The molecule has 4 nitrogen and oxygen atoms in total. The van der Waals surface area contributed by atoms with Gasteiger partial charge in [0.2, 0.25) is 0 Å². The first-order chi connectivity index (χ1) is 9.45. The maximum Gasteiger partial charge on any atom is 0.335 e. The monoisotopic (exact) mass is 270 g/mol.